The second-order valence-electron chi connectivity index (χ2n) is 4.88. The van der Waals surface area contributed by atoms with Crippen molar-refractivity contribution in [2.24, 2.45) is 7.05 Å². The molecule has 0 saturated heterocycles. The van der Waals surface area contributed by atoms with Gasteiger partial charge in [-0.25, -0.2) is 0 Å². The summed E-state index contributed by atoms with van der Waals surface area (Å²) in [6.45, 7) is 1.82. The lowest BCUT2D eigenvalue weighted by molar-refractivity contribution is 0.432. The molecule has 1 aliphatic heterocycles. The summed E-state index contributed by atoms with van der Waals surface area (Å²) < 4.78 is 7.06. The highest BCUT2D eigenvalue weighted by Crippen LogP contribution is 2.25. The molecular weight excluding hydrogens is 254 g/mol. The second-order valence-corrected chi connectivity index (χ2v) is 4.88. The molecule has 2 aromatic heterocycles. The summed E-state index contributed by atoms with van der Waals surface area (Å²) in [6, 6.07) is 8.09. The van der Waals surface area contributed by atoms with E-state index in [1.807, 2.05) is 25.4 Å². The summed E-state index contributed by atoms with van der Waals surface area (Å²) >= 11 is 0. The number of aromatic nitrogens is 4. The normalized spacial score (nSPS) is 13.7. The van der Waals surface area contributed by atoms with Gasteiger partial charge in [-0.1, -0.05) is 11.2 Å². The molecule has 6 heteroatoms. The SMILES string of the molecule is Cn1ccc(-c2noc(-c3ccc4c(c3)CNC4)n2)n1. The Morgan fingerprint density at radius 1 is 1.20 bits per heavy atom. The van der Waals surface area contributed by atoms with Crippen molar-refractivity contribution in [1.82, 2.24) is 25.2 Å². The predicted molar refractivity (Wildman–Crippen MR) is 72.5 cm³/mol. The monoisotopic (exact) mass is 267 g/mol. The van der Waals surface area contributed by atoms with Crippen LogP contribution in [0.5, 0.6) is 0 Å². The molecule has 6 nitrogen and oxygen atoms in total. The number of rotatable bonds is 2. The molecule has 100 valence electrons. The molecule has 1 N–H and O–H groups in total. The van der Waals surface area contributed by atoms with Crippen molar-refractivity contribution >= 4 is 0 Å². The van der Waals surface area contributed by atoms with Gasteiger partial charge in [0.15, 0.2) is 0 Å². The molecule has 0 spiro atoms. The first-order valence-electron chi connectivity index (χ1n) is 6.46. The van der Waals surface area contributed by atoms with Crippen molar-refractivity contribution in [2.75, 3.05) is 0 Å². The number of benzene rings is 1. The first-order chi connectivity index (χ1) is 9.79. The summed E-state index contributed by atoms with van der Waals surface area (Å²) in [5.74, 6) is 1.04. The minimum absolute atomic E-state index is 0.513. The number of fused-ring (bicyclic) bond motifs is 1. The molecule has 0 aliphatic carbocycles. The van der Waals surface area contributed by atoms with E-state index in [9.17, 15) is 0 Å². The van der Waals surface area contributed by atoms with Gasteiger partial charge in [-0.15, -0.1) is 0 Å². The van der Waals surface area contributed by atoms with Crippen molar-refractivity contribution in [3.63, 3.8) is 0 Å². The Kier molecular flexibility index (Phi) is 2.43. The molecule has 0 unspecified atom stereocenters. The van der Waals surface area contributed by atoms with Gasteiger partial charge >= 0.3 is 0 Å². The highest BCUT2D eigenvalue weighted by molar-refractivity contribution is 5.59. The van der Waals surface area contributed by atoms with Crippen LogP contribution < -0.4 is 5.32 Å². The fraction of sp³-hybridized carbons (Fsp3) is 0.214. The molecular formula is C14H13N5O. The summed E-state index contributed by atoms with van der Waals surface area (Å²) in [6.07, 6.45) is 1.85. The predicted octanol–water partition coefficient (Wildman–Crippen LogP) is 1.74. The van der Waals surface area contributed by atoms with Gasteiger partial charge in [-0.05, 0) is 29.3 Å². The Bertz CT molecular complexity index is 773. The molecule has 0 bridgehead atoms. The van der Waals surface area contributed by atoms with Crippen LogP contribution in [0.25, 0.3) is 23.0 Å². The van der Waals surface area contributed by atoms with Crippen LogP contribution in [0.1, 0.15) is 11.1 Å². The number of aryl methyl sites for hydroxylation is 1. The maximum atomic E-state index is 5.34. The van der Waals surface area contributed by atoms with E-state index in [4.69, 9.17) is 4.52 Å². The summed E-state index contributed by atoms with van der Waals surface area (Å²) in [5.41, 5.74) is 4.28. The van der Waals surface area contributed by atoms with E-state index in [0.717, 1.165) is 18.7 Å². The van der Waals surface area contributed by atoms with Gasteiger partial charge in [0.05, 0.1) is 0 Å². The van der Waals surface area contributed by atoms with E-state index in [1.165, 1.54) is 11.1 Å². The quantitative estimate of drug-likeness (QED) is 0.766. The summed E-state index contributed by atoms with van der Waals surface area (Å²) in [7, 11) is 1.86. The van der Waals surface area contributed by atoms with Crippen LogP contribution in [0.3, 0.4) is 0 Å². The standard InChI is InChI=1S/C14H13N5O/c1-19-5-4-12(17-19)13-16-14(20-18-13)9-2-3-10-7-15-8-11(10)6-9/h2-6,15H,7-8H2,1H3. The molecule has 0 radical (unpaired) electrons. The van der Waals surface area contributed by atoms with Crippen LogP contribution in [0, 0.1) is 0 Å². The summed E-state index contributed by atoms with van der Waals surface area (Å²) in [5, 5.41) is 11.6. The van der Waals surface area contributed by atoms with Gasteiger partial charge in [0, 0.05) is 31.9 Å². The lowest BCUT2D eigenvalue weighted by Crippen LogP contribution is -1.99. The Balaban J connectivity index is 1.71. The fourth-order valence-corrected chi connectivity index (χ4v) is 2.41. The zero-order chi connectivity index (χ0) is 13.5. The van der Waals surface area contributed by atoms with E-state index in [2.05, 4.69) is 32.7 Å². The summed E-state index contributed by atoms with van der Waals surface area (Å²) in [4.78, 5) is 4.42. The fourth-order valence-electron chi connectivity index (χ4n) is 2.41. The molecule has 0 amide bonds. The average molecular weight is 267 g/mol. The van der Waals surface area contributed by atoms with E-state index in [-0.39, 0.29) is 0 Å². The van der Waals surface area contributed by atoms with E-state index in [0.29, 0.717) is 17.4 Å². The minimum atomic E-state index is 0.513. The third-order valence-electron chi connectivity index (χ3n) is 3.45. The van der Waals surface area contributed by atoms with Gasteiger partial charge in [-0.2, -0.15) is 10.1 Å². The molecule has 3 aromatic rings. The molecule has 3 heterocycles. The van der Waals surface area contributed by atoms with E-state index < -0.39 is 0 Å². The van der Waals surface area contributed by atoms with Gasteiger partial charge in [0.2, 0.25) is 5.82 Å². The first kappa shape index (κ1) is 11.4. The van der Waals surface area contributed by atoms with Crippen LogP contribution in [0.15, 0.2) is 35.0 Å². The van der Waals surface area contributed by atoms with Gasteiger partial charge in [-0.3, -0.25) is 4.68 Å². The Labute approximate surface area is 115 Å². The van der Waals surface area contributed by atoms with Crippen LogP contribution in [-0.2, 0) is 20.1 Å². The third-order valence-corrected chi connectivity index (χ3v) is 3.45. The van der Waals surface area contributed by atoms with E-state index in [1.54, 1.807) is 4.68 Å². The maximum Gasteiger partial charge on any atom is 0.258 e. The lowest BCUT2D eigenvalue weighted by atomic mass is 10.1. The Morgan fingerprint density at radius 2 is 2.10 bits per heavy atom. The number of nitrogens with one attached hydrogen (secondary N) is 1. The van der Waals surface area contributed by atoms with Gasteiger partial charge in [0.1, 0.15) is 5.69 Å². The largest absolute Gasteiger partial charge is 0.334 e. The first-order valence-corrected chi connectivity index (χ1v) is 6.46. The molecule has 20 heavy (non-hydrogen) atoms. The molecule has 0 saturated carbocycles. The van der Waals surface area contributed by atoms with Crippen LogP contribution >= 0.6 is 0 Å². The van der Waals surface area contributed by atoms with Crippen molar-refractivity contribution in [2.45, 2.75) is 13.1 Å². The average Bonchev–Trinajstić information content (AvgIpc) is 3.17. The molecule has 1 aromatic carbocycles. The van der Waals surface area contributed by atoms with Crippen LogP contribution in [0.2, 0.25) is 0 Å². The second kappa shape index (κ2) is 4.28. The van der Waals surface area contributed by atoms with Gasteiger partial charge in [0.25, 0.3) is 5.89 Å². The van der Waals surface area contributed by atoms with Crippen molar-refractivity contribution in [1.29, 1.82) is 0 Å². The highest BCUT2D eigenvalue weighted by atomic mass is 16.5. The molecule has 1 aliphatic rings. The highest BCUT2D eigenvalue weighted by Gasteiger charge is 2.15. The minimum Gasteiger partial charge on any atom is -0.334 e. The van der Waals surface area contributed by atoms with E-state index >= 15 is 0 Å². The van der Waals surface area contributed by atoms with Crippen LogP contribution in [-0.4, -0.2) is 19.9 Å². The molecule has 0 fully saturated rings. The van der Waals surface area contributed by atoms with Crippen molar-refractivity contribution in [3.05, 3.63) is 41.6 Å². The lowest BCUT2D eigenvalue weighted by Gasteiger charge is -1.99. The number of hydrogen-bond acceptors (Lipinski definition) is 5. The van der Waals surface area contributed by atoms with Crippen molar-refractivity contribution in [3.8, 4) is 23.0 Å². The molecule has 0 atom stereocenters. The number of hydrogen-bond donors (Lipinski definition) is 1. The Hall–Kier alpha value is -2.47. The van der Waals surface area contributed by atoms with Gasteiger partial charge < -0.3 is 9.84 Å². The third kappa shape index (κ3) is 1.81. The van der Waals surface area contributed by atoms with Crippen molar-refractivity contribution < 1.29 is 4.52 Å². The van der Waals surface area contributed by atoms with Crippen LogP contribution in [0.4, 0.5) is 0 Å². The zero-order valence-electron chi connectivity index (χ0n) is 11.0. The zero-order valence-corrected chi connectivity index (χ0v) is 11.0. The Morgan fingerprint density at radius 3 is 2.95 bits per heavy atom. The smallest absolute Gasteiger partial charge is 0.258 e. The number of nitrogens with zero attached hydrogens (tertiary/aromatic N) is 4. The topological polar surface area (TPSA) is 68.8 Å². The maximum absolute atomic E-state index is 5.34. The molecule has 4 rings (SSSR count).